The van der Waals surface area contributed by atoms with Crippen LogP contribution >= 0.6 is 23.2 Å². The van der Waals surface area contributed by atoms with E-state index in [4.69, 9.17) is 28.2 Å². The summed E-state index contributed by atoms with van der Waals surface area (Å²) >= 11 is 12.4. The first-order valence-electron chi connectivity index (χ1n) is 6.78. The van der Waals surface area contributed by atoms with E-state index in [2.05, 4.69) is 4.98 Å². The van der Waals surface area contributed by atoms with E-state index in [0.29, 0.717) is 17.3 Å². The normalized spacial score (nSPS) is 11.2. The number of hydrogen-bond donors (Lipinski definition) is 0. The zero-order chi connectivity index (χ0) is 15.0. The van der Waals surface area contributed by atoms with Gasteiger partial charge in [-0.3, -0.25) is 4.57 Å². The van der Waals surface area contributed by atoms with Gasteiger partial charge in [-0.25, -0.2) is 9.97 Å². The van der Waals surface area contributed by atoms with Gasteiger partial charge in [0.25, 0.3) is 0 Å². The van der Waals surface area contributed by atoms with Gasteiger partial charge in [0.15, 0.2) is 5.65 Å². The second-order valence-corrected chi connectivity index (χ2v) is 5.79. The molecule has 0 radical (unpaired) electrons. The minimum Gasteiger partial charge on any atom is -0.279 e. The predicted molar refractivity (Wildman–Crippen MR) is 87.8 cm³/mol. The van der Waals surface area contributed by atoms with Gasteiger partial charge >= 0.3 is 0 Å². The molecule has 0 unspecified atom stereocenters. The van der Waals surface area contributed by atoms with E-state index < -0.39 is 0 Å². The molecule has 108 valence electrons. The molecular formula is C16H15Cl2N3. The van der Waals surface area contributed by atoms with Gasteiger partial charge in [-0.15, -0.1) is 11.6 Å². The maximum absolute atomic E-state index is 6.42. The molecule has 21 heavy (non-hydrogen) atoms. The van der Waals surface area contributed by atoms with Crippen LogP contribution in [0, 0.1) is 13.8 Å². The lowest BCUT2D eigenvalue weighted by Crippen LogP contribution is -2.05. The smallest absolute Gasteiger partial charge is 0.165 e. The van der Waals surface area contributed by atoms with Gasteiger partial charge in [-0.05, 0) is 37.1 Å². The van der Waals surface area contributed by atoms with Gasteiger partial charge in [-0.1, -0.05) is 23.7 Å². The fourth-order valence-electron chi connectivity index (χ4n) is 2.53. The highest BCUT2D eigenvalue weighted by molar-refractivity contribution is 6.32. The molecule has 0 bridgehead atoms. The lowest BCUT2D eigenvalue weighted by Gasteiger charge is -2.13. The van der Waals surface area contributed by atoms with Crippen molar-refractivity contribution >= 4 is 34.4 Å². The quantitative estimate of drug-likeness (QED) is 0.667. The summed E-state index contributed by atoms with van der Waals surface area (Å²) in [5.41, 5.74) is 4.84. The number of nitrogens with zero attached hydrogens (tertiary/aromatic N) is 3. The van der Waals surface area contributed by atoms with E-state index in [1.807, 2.05) is 42.7 Å². The first-order valence-corrected chi connectivity index (χ1v) is 7.69. The number of aryl methyl sites for hydroxylation is 3. The number of rotatable bonds is 3. The molecule has 5 heteroatoms. The Kier molecular flexibility index (Phi) is 3.87. The number of hydrogen-bond acceptors (Lipinski definition) is 2. The van der Waals surface area contributed by atoms with Crippen molar-refractivity contribution in [3.63, 3.8) is 0 Å². The topological polar surface area (TPSA) is 30.7 Å². The Hall–Kier alpha value is -1.58. The fourth-order valence-corrected chi connectivity index (χ4v) is 3.01. The summed E-state index contributed by atoms with van der Waals surface area (Å²) in [6, 6.07) is 7.83. The molecule has 0 fully saturated rings. The van der Waals surface area contributed by atoms with Crippen LogP contribution in [0.2, 0.25) is 5.02 Å². The van der Waals surface area contributed by atoms with Crippen LogP contribution in [0.15, 0.2) is 30.5 Å². The van der Waals surface area contributed by atoms with Crippen molar-refractivity contribution in [3.8, 4) is 5.69 Å². The summed E-state index contributed by atoms with van der Waals surface area (Å²) in [6.07, 6.45) is 2.47. The number of alkyl halides is 1. The molecule has 0 spiro atoms. The van der Waals surface area contributed by atoms with Gasteiger partial charge in [0, 0.05) is 18.5 Å². The molecule has 0 aliphatic heterocycles. The van der Waals surface area contributed by atoms with Gasteiger partial charge in [0.05, 0.1) is 10.7 Å². The van der Waals surface area contributed by atoms with E-state index in [1.54, 1.807) is 6.20 Å². The number of aromatic nitrogens is 3. The third-order valence-electron chi connectivity index (χ3n) is 3.55. The molecular weight excluding hydrogens is 305 g/mol. The van der Waals surface area contributed by atoms with Crippen LogP contribution in [0.5, 0.6) is 0 Å². The molecule has 2 aromatic heterocycles. The Balaban J connectivity index is 2.40. The van der Waals surface area contributed by atoms with E-state index >= 15 is 0 Å². The first-order chi connectivity index (χ1) is 10.1. The maximum Gasteiger partial charge on any atom is 0.165 e. The predicted octanol–water partition coefficient (Wildman–Crippen LogP) is 4.47. The third-order valence-corrected chi connectivity index (χ3v) is 4.04. The zero-order valence-electron chi connectivity index (χ0n) is 11.9. The summed E-state index contributed by atoms with van der Waals surface area (Å²) < 4.78 is 2.03. The highest BCUT2D eigenvalue weighted by Crippen LogP contribution is 2.29. The van der Waals surface area contributed by atoms with Crippen LogP contribution in [0.3, 0.4) is 0 Å². The van der Waals surface area contributed by atoms with Crippen molar-refractivity contribution in [1.82, 2.24) is 14.5 Å². The molecule has 0 atom stereocenters. The molecule has 0 aliphatic carbocycles. The molecule has 2 heterocycles. The van der Waals surface area contributed by atoms with Crippen LogP contribution in [0.25, 0.3) is 16.9 Å². The minimum atomic E-state index is 0.506. The SMILES string of the molecule is Cc1cccc(Cl)c1-n1c(CCCl)nc2c(C)ccnc21. The summed E-state index contributed by atoms with van der Waals surface area (Å²) in [6.45, 7) is 4.07. The van der Waals surface area contributed by atoms with Gasteiger partial charge in [0.1, 0.15) is 11.3 Å². The van der Waals surface area contributed by atoms with Crippen molar-refractivity contribution in [2.45, 2.75) is 20.3 Å². The first kappa shape index (κ1) is 14.4. The summed E-state index contributed by atoms with van der Waals surface area (Å²) in [5.74, 6) is 1.39. The molecule has 3 rings (SSSR count). The summed E-state index contributed by atoms with van der Waals surface area (Å²) in [4.78, 5) is 9.22. The van der Waals surface area contributed by atoms with E-state index in [9.17, 15) is 0 Å². The van der Waals surface area contributed by atoms with E-state index in [1.165, 1.54) is 0 Å². The van der Waals surface area contributed by atoms with Gasteiger partial charge < -0.3 is 0 Å². The summed E-state index contributed by atoms with van der Waals surface area (Å²) in [5, 5.41) is 0.688. The molecule has 0 saturated heterocycles. The van der Waals surface area contributed by atoms with E-state index in [0.717, 1.165) is 33.8 Å². The van der Waals surface area contributed by atoms with Crippen LogP contribution in [0.4, 0.5) is 0 Å². The zero-order valence-corrected chi connectivity index (χ0v) is 13.4. The number of pyridine rings is 1. The van der Waals surface area contributed by atoms with Crippen molar-refractivity contribution in [2.24, 2.45) is 0 Å². The van der Waals surface area contributed by atoms with Gasteiger partial charge in [0.2, 0.25) is 0 Å². The van der Waals surface area contributed by atoms with Crippen molar-refractivity contribution in [3.05, 3.63) is 52.4 Å². The molecule has 0 amide bonds. The molecule has 3 nitrogen and oxygen atoms in total. The monoisotopic (exact) mass is 319 g/mol. The Labute approximate surface area is 133 Å². The lowest BCUT2D eigenvalue weighted by molar-refractivity contribution is 0.900. The highest BCUT2D eigenvalue weighted by atomic mass is 35.5. The number of para-hydroxylation sites is 1. The second-order valence-electron chi connectivity index (χ2n) is 5.01. The van der Waals surface area contributed by atoms with Crippen molar-refractivity contribution < 1.29 is 0 Å². The van der Waals surface area contributed by atoms with Crippen molar-refractivity contribution in [1.29, 1.82) is 0 Å². The molecule has 0 saturated carbocycles. The standard InChI is InChI=1S/C16H15Cl2N3/c1-10-7-9-19-16-14(10)20-13(6-8-17)21(16)15-11(2)4-3-5-12(15)18/h3-5,7,9H,6,8H2,1-2H3. The number of imidazole rings is 1. The number of halogens is 2. The number of fused-ring (bicyclic) bond motifs is 1. The number of benzene rings is 1. The lowest BCUT2D eigenvalue weighted by atomic mass is 10.2. The molecule has 3 aromatic rings. The Morgan fingerprint density at radius 1 is 1.14 bits per heavy atom. The van der Waals surface area contributed by atoms with Crippen molar-refractivity contribution in [2.75, 3.05) is 5.88 Å². The largest absolute Gasteiger partial charge is 0.279 e. The van der Waals surface area contributed by atoms with Crippen LogP contribution in [0.1, 0.15) is 17.0 Å². The average molecular weight is 320 g/mol. The Morgan fingerprint density at radius 2 is 1.95 bits per heavy atom. The fraction of sp³-hybridized carbons (Fsp3) is 0.250. The molecule has 1 aromatic carbocycles. The Morgan fingerprint density at radius 3 is 2.67 bits per heavy atom. The van der Waals surface area contributed by atoms with Crippen LogP contribution in [-0.4, -0.2) is 20.4 Å². The second kappa shape index (κ2) is 5.66. The Bertz CT molecular complexity index is 788. The molecule has 0 aliphatic rings. The van der Waals surface area contributed by atoms with Gasteiger partial charge in [-0.2, -0.15) is 0 Å². The van der Waals surface area contributed by atoms with E-state index in [-0.39, 0.29) is 0 Å². The van der Waals surface area contributed by atoms with Crippen LogP contribution in [-0.2, 0) is 6.42 Å². The average Bonchev–Trinajstić information content (AvgIpc) is 2.80. The van der Waals surface area contributed by atoms with Crippen LogP contribution < -0.4 is 0 Å². The summed E-state index contributed by atoms with van der Waals surface area (Å²) in [7, 11) is 0. The highest BCUT2D eigenvalue weighted by Gasteiger charge is 2.17. The maximum atomic E-state index is 6.42. The third kappa shape index (κ3) is 2.41. The minimum absolute atomic E-state index is 0.506. The molecule has 0 N–H and O–H groups in total.